The highest BCUT2D eigenvalue weighted by atomic mass is 32.2. The number of methoxy groups -OCH3 is 1. The second-order valence-electron chi connectivity index (χ2n) is 6.53. The molecule has 2 rings (SSSR count). The van der Waals surface area contributed by atoms with E-state index in [0.29, 0.717) is 30.6 Å². The van der Waals surface area contributed by atoms with E-state index in [-0.39, 0.29) is 6.10 Å². The topological polar surface area (TPSA) is 72.0 Å². The Morgan fingerprint density at radius 2 is 1.86 bits per heavy atom. The first-order chi connectivity index (χ1) is 14.1. The van der Waals surface area contributed by atoms with Crippen molar-refractivity contribution < 1.29 is 13.7 Å². The Morgan fingerprint density at radius 1 is 1.10 bits per heavy atom. The van der Waals surface area contributed by atoms with Gasteiger partial charge in [0.2, 0.25) is 0 Å². The zero-order chi connectivity index (χ0) is 20.9. The molecule has 2 aromatic rings. The first kappa shape index (κ1) is 22.7. The standard InChI is InChI=1S/C22H31N3O3S/c1-4-23-22(24-13-14-29(26)17-19-9-6-5-7-10-19)25-16-18(2)28-21-12-8-11-20(15-21)27-3/h5-12,15,18H,4,13-14,16-17H2,1-3H3,(H2,23,24,25). The molecule has 0 aliphatic rings. The molecule has 2 atom stereocenters. The molecule has 0 amide bonds. The molecule has 2 unspecified atom stereocenters. The van der Waals surface area contributed by atoms with Gasteiger partial charge in [0.25, 0.3) is 0 Å². The summed E-state index contributed by atoms with van der Waals surface area (Å²) in [5.41, 5.74) is 1.09. The van der Waals surface area contributed by atoms with E-state index in [9.17, 15) is 4.21 Å². The lowest BCUT2D eigenvalue weighted by atomic mass is 10.2. The lowest BCUT2D eigenvalue weighted by Crippen LogP contribution is -2.39. The predicted molar refractivity (Wildman–Crippen MR) is 120 cm³/mol. The van der Waals surface area contributed by atoms with Gasteiger partial charge in [-0.2, -0.15) is 0 Å². The third-order valence-corrected chi connectivity index (χ3v) is 5.34. The second-order valence-corrected chi connectivity index (χ2v) is 8.10. The Morgan fingerprint density at radius 3 is 2.59 bits per heavy atom. The third-order valence-electron chi connectivity index (χ3n) is 4.02. The molecule has 2 N–H and O–H groups in total. The minimum absolute atomic E-state index is 0.0928. The zero-order valence-electron chi connectivity index (χ0n) is 17.4. The van der Waals surface area contributed by atoms with Crippen molar-refractivity contribution in [2.45, 2.75) is 25.7 Å². The second kappa shape index (κ2) is 12.8. The van der Waals surface area contributed by atoms with Crippen LogP contribution in [0.3, 0.4) is 0 Å². The molecule has 0 bridgehead atoms. The van der Waals surface area contributed by atoms with Gasteiger partial charge in [0.15, 0.2) is 5.96 Å². The molecule has 0 aliphatic carbocycles. The molecule has 2 aromatic carbocycles. The van der Waals surface area contributed by atoms with Crippen molar-refractivity contribution in [2.24, 2.45) is 4.99 Å². The normalized spacial score (nSPS) is 13.4. The minimum atomic E-state index is -0.916. The molecule has 158 valence electrons. The van der Waals surface area contributed by atoms with Crippen LogP contribution in [-0.2, 0) is 16.6 Å². The molecular formula is C22H31N3O3S. The Bertz CT molecular complexity index is 784. The lowest BCUT2D eigenvalue weighted by Gasteiger charge is -2.15. The van der Waals surface area contributed by atoms with E-state index in [4.69, 9.17) is 9.47 Å². The van der Waals surface area contributed by atoms with Crippen molar-refractivity contribution in [3.63, 3.8) is 0 Å². The van der Waals surface area contributed by atoms with Gasteiger partial charge in [-0.05, 0) is 31.5 Å². The average Bonchev–Trinajstić information content (AvgIpc) is 2.73. The summed E-state index contributed by atoms with van der Waals surface area (Å²) in [5.74, 6) is 3.35. The Hall–Kier alpha value is -2.54. The maximum atomic E-state index is 12.3. The molecule has 6 nitrogen and oxygen atoms in total. The van der Waals surface area contributed by atoms with Gasteiger partial charge < -0.3 is 20.1 Å². The summed E-state index contributed by atoms with van der Waals surface area (Å²) in [6, 6.07) is 17.4. The van der Waals surface area contributed by atoms with Crippen LogP contribution in [0.2, 0.25) is 0 Å². The molecule has 0 aromatic heterocycles. The van der Waals surface area contributed by atoms with Crippen LogP contribution in [-0.4, -0.2) is 48.8 Å². The van der Waals surface area contributed by atoms with Crippen molar-refractivity contribution >= 4 is 16.8 Å². The fraction of sp³-hybridized carbons (Fsp3) is 0.409. The first-order valence-corrected chi connectivity index (χ1v) is 11.3. The van der Waals surface area contributed by atoms with E-state index in [1.54, 1.807) is 7.11 Å². The number of rotatable bonds is 11. The van der Waals surface area contributed by atoms with Gasteiger partial charge in [0.1, 0.15) is 17.6 Å². The van der Waals surface area contributed by atoms with Crippen molar-refractivity contribution in [1.82, 2.24) is 10.6 Å². The first-order valence-electron chi connectivity index (χ1n) is 9.82. The summed E-state index contributed by atoms with van der Waals surface area (Å²) in [5, 5.41) is 6.45. The summed E-state index contributed by atoms with van der Waals surface area (Å²) in [6.45, 7) is 5.84. The van der Waals surface area contributed by atoms with E-state index < -0.39 is 10.8 Å². The minimum Gasteiger partial charge on any atom is -0.497 e. The highest BCUT2D eigenvalue weighted by molar-refractivity contribution is 7.84. The molecule has 0 radical (unpaired) electrons. The van der Waals surface area contributed by atoms with Gasteiger partial charge in [-0.25, -0.2) is 4.99 Å². The zero-order valence-corrected chi connectivity index (χ0v) is 18.2. The van der Waals surface area contributed by atoms with Crippen LogP contribution in [0.5, 0.6) is 11.5 Å². The van der Waals surface area contributed by atoms with Crippen LogP contribution in [0.1, 0.15) is 19.4 Å². The average molecular weight is 418 g/mol. The molecule has 0 heterocycles. The van der Waals surface area contributed by atoms with E-state index in [2.05, 4.69) is 15.6 Å². The molecule has 0 saturated heterocycles. The van der Waals surface area contributed by atoms with Gasteiger partial charge in [-0.1, -0.05) is 36.4 Å². The van der Waals surface area contributed by atoms with Crippen LogP contribution < -0.4 is 20.1 Å². The maximum Gasteiger partial charge on any atom is 0.191 e. The summed E-state index contributed by atoms with van der Waals surface area (Å²) in [7, 11) is 0.717. The number of hydrogen-bond donors (Lipinski definition) is 2. The number of hydrogen-bond acceptors (Lipinski definition) is 4. The van der Waals surface area contributed by atoms with E-state index in [1.165, 1.54) is 0 Å². The van der Waals surface area contributed by atoms with Gasteiger partial charge in [0.05, 0.1) is 13.7 Å². The summed E-state index contributed by atoms with van der Waals surface area (Å²) >= 11 is 0. The summed E-state index contributed by atoms with van der Waals surface area (Å²) in [6.07, 6.45) is -0.0928. The van der Waals surface area contributed by atoms with Crippen LogP contribution in [0.15, 0.2) is 59.6 Å². The van der Waals surface area contributed by atoms with Crippen LogP contribution in [0.25, 0.3) is 0 Å². The fourth-order valence-electron chi connectivity index (χ4n) is 2.62. The quantitative estimate of drug-likeness (QED) is 0.434. The van der Waals surface area contributed by atoms with E-state index in [0.717, 1.165) is 23.6 Å². The molecule has 29 heavy (non-hydrogen) atoms. The summed E-state index contributed by atoms with van der Waals surface area (Å²) < 4.78 is 23.4. The third kappa shape index (κ3) is 9.00. The highest BCUT2D eigenvalue weighted by Crippen LogP contribution is 2.19. The number of benzene rings is 2. The lowest BCUT2D eigenvalue weighted by molar-refractivity contribution is 0.229. The molecule has 0 spiro atoms. The monoisotopic (exact) mass is 417 g/mol. The SMILES string of the molecule is CCNC(=NCC(C)Oc1cccc(OC)c1)NCCS(=O)Cc1ccccc1. The van der Waals surface area contributed by atoms with Gasteiger partial charge in [-0.15, -0.1) is 0 Å². The number of nitrogens with zero attached hydrogens (tertiary/aromatic N) is 1. The van der Waals surface area contributed by atoms with E-state index >= 15 is 0 Å². The number of guanidine groups is 1. The van der Waals surface area contributed by atoms with Crippen LogP contribution in [0.4, 0.5) is 0 Å². The van der Waals surface area contributed by atoms with E-state index in [1.807, 2.05) is 68.4 Å². The largest absolute Gasteiger partial charge is 0.497 e. The van der Waals surface area contributed by atoms with Gasteiger partial charge in [-0.3, -0.25) is 4.21 Å². The Kier molecular flexibility index (Phi) is 10.1. The van der Waals surface area contributed by atoms with Crippen LogP contribution in [0, 0.1) is 0 Å². The fourth-order valence-corrected chi connectivity index (χ4v) is 3.66. The van der Waals surface area contributed by atoms with Crippen molar-refractivity contribution in [1.29, 1.82) is 0 Å². The number of ether oxygens (including phenoxy) is 2. The maximum absolute atomic E-state index is 12.3. The molecular weight excluding hydrogens is 386 g/mol. The molecule has 7 heteroatoms. The van der Waals surface area contributed by atoms with Gasteiger partial charge in [0, 0.05) is 41.5 Å². The number of nitrogens with one attached hydrogen (secondary N) is 2. The van der Waals surface area contributed by atoms with Gasteiger partial charge >= 0.3 is 0 Å². The molecule has 0 saturated carbocycles. The predicted octanol–water partition coefficient (Wildman–Crippen LogP) is 2.97. The molecule has 0 fully saturated rings. The Labute approximate surface area is 176 Å². The van der Waals surface area contributed by atoms with Crippen molar-refractivity contribution in [3.8, 4) is 11.5 Å². The van der Waals surface area contributed by atoms with Crippen molar-refractivity contribution in [3.05, 3.63) is 60.2 Å². The van der Waals surface area contributed by atoms with Crippen molar-refractivity contribution in [2.75, 3.05) is 32.5 Å². The molecule has 0 aliphatic heterocycles. The highest BCUT2D eigenvalue weighted by Gasteiger charge is 2.07. The Balaban J connectivity index is 1.78. The summed E-state index contributed by atoms with van der Waals surface area (Å²) in [4.78, 5) is 4.57. The van der Waals surface area contributed by atoms with Crippen LogP contribution >= 0.6 is 0 Å². The smallest absolute Gasteiger partial charge is 0.191 e. The number of aliphatic imine (C=N–C) groups is 1.